The fourth-order valence-electron chi connectivity index (χ4n) is 4.92. The van der Waals surface area contributed by atoms with Gasteiger partial charge in [0, 0.05) is 42.8 Å². The number of aromatic amines is 1. The number of Topliss-reactive ketones (excluding diaryl/α,β-unsaturated/α-hetero) is 2. The first-order valence-corrected chi connectivity index (χ1v) is 13.7. The van der Waals surface area contributed by atoms with Crippen molar-refractivity contribution < 1.29 is 9.59 Å². The third kappa shape index (κ3) is 6.84. The van der Waals surface area contributed by atoms with Gasteiger partial charge >= 0.3 is 0 Å². The number of carbonyl (C=O) groups is 2. The van der Waals surface area contributed by atoms with Crippen LogP contribution < -0.4 is 5.32 Å². The zero-order valence-electron chi connectivity index (χ0n) is 22.3. The van der Waals surface area contributed by atoms with Crippen LogP contribution in [0.15, 0.2) is 85.2 Å². The van der Waals surface area contributed by atoms with E-state index >= 15 is 0 Å². The molecule has 198 valence electrons. The molecule has 0 bridgehead atoms. The molecule has 0 aliphatic rings. The van der Waals surface area contributed by atoms with Crippen molar-refractivity contribution in [3.8, 4) is 11.3 Å². The summed E-state index contributed by atoms with van der Waals surface area (Å²) in [7, 11) is 0. The lowest BCUT2D eigenvalue weighted by Crippen LogP contribution is -2.27. The zero-order chi connectivity index (χ0) is 27.0. The predicted octanol–water partition coefficient (Wildman–Crippen LogP) is 6.76. The smallest absolute Gasteiger partial charge is 0.134 e. The number of carbonyl (C=O) groups excluding carboxylic acids is 2. The van der Waals surface area contributed by atoms with E-state index in [4.69, 9.17) is 0 Å². The van der Waals surface area contributed by atoms with Gasteiger partial charge < -0.3 is 10.3 Å². The topological polar surface area (TPSA) is 87.7 Å². The highest BCUT2D eigenvalue weighted by molar-refractivity contribution is 5.87. The van der Waals surface area contributed by atoms with Crippen molar-refractivity contribution in [1.29, 1.82) is 0 Å². The van der Waals surface area contributed by atoms with Crippen LogP contribution in [0.3, 0.4) is 0 Å². The minimum absolute atomic E-state index is 0.132. The average Bonchev–Trinajstić information content (AvgIpc) is 3.46. The lowest BCUT2D eigenvalue weighted by Gasteiger charge is -2.16. The summed E-state index contributed by atoms with van der Waals surface area (Å²) >= 11 is 0. The van der Waals surface area contributed by atoms with Gasteiger partial charge in [-0.1, -0.05) is 61.5 Å². The number of hydrogen-bond acceptors (Lipinski definition) is 5. The second-order valence-electron chi connectivity index (χ2n) is 10.0. The SMILES string of the molecule is CCC(=O)CCCC(=O)C[C@H](NCCc1cnc2ccccc2c1)c1ncc(-c2ccc3ccccc3c2)[nH]1. The summed E-state index contributed by atoms with van der Waals surface area (Å²) in [6.07, 6.45) is 6.84. The molecule has 39 heavy (non-hydrogen) atoms. The summed E-state index contributed by atoms with van der Waals surface area (Å²) in [6, 6.07) is 24.6. The summed E-state index contributed by atoms with van der Waals surface area (Å²) in [5.74, 6) is 1.08. The van der Waals surface area contributed by atoms with E-state index < -0.39 is 0 Å². The Morgan fingerprint density at radius 3 is 2.46 bits per heavy atom. The second kappa shape index (κ2) is 12.6. The summed E-state index contributed by atoms with van der Waals surface area (Å²) in [6.45, 7) is 2.54. The van der Waals surface area contributed by atoms with Crippen molar-refractivity contribution in [2.24, 2.45) is 0 Å². The quantitative estimate of drug-likeness (QED) is 0.180. The van der Waals surface area contributed by atoms with E-state index in [1.54, 1.807) is 0 Å². The summed E-state index contributed by atoms with van der Waals surface area (Å²) in [5, 5.41) is 7.04. The van der Waals surface area contributed by atoms with E-state index in [-0.39, 0.29) is 17.6 Å². The van der Waals surface area contributed by atoms with Gasteiger partial charge in [-0.3, -0.25) is 14.6 Å². The number of H-pyrrole nitrogens is 1. The van der Waals surface area contributed by atoms with Crippen LogP contribution in [0.2, 0.25) is 0 Å². The molecular formula is C33H34N4O2. The maximum absolute atomic E-state index is 12.9. The van der Waals surface area contributed by atoms with Crippen molar-refractivity contribution in [1.82, 2.24) is 20.3 Å². The molecule has 0 amide bonds. The normalized spacial score (nSPS) is 12.1. The minimum atomic E-state index is -0.248. The van der Waals surface area contributed by atoms with Gasteiger partial charge in [-0.2, -0.15) is 0 Å². The molecule has 0 spiro atoms. The van der Waals surface area contributed by atoms with Gasteiger partial charge in [0.15, 0.2) is 0 Å². The Morgan fingerprint density at radius 1 is 0.846 bits per heavy atom. The molecule has 0 radical (unpaired) electrons. The number of rotatable bonds is 13. The molecule has 2 N–H and O–H groups in total. The van der Waals surface area contributed by atoms with E-state index in [0.29, 0.717) is 38.6 Å². The molecule has 2 heterocycles. The van der Waals surface area contributed by atoms with Crippen LogP contribution in [0.5, 0.6) is 0 Å². The molecule has 5 rings (SSSR count). The molecule has 0 saturated carbocycles. The summed E-state index contributed by atoms with van der Waals surface area (Å²) in [4.78, 5) is 37.3. The van der Waals surface area contributed by atoms with Crippen molar-refractivity contribution in [3.05, 3.63) is 96.6 Å². The number of pyridine rings is 1. The van der Waals surface area contributed by atoms with E-state index in [1.165, 1.54) is 10.8 Å². The first-order valence-electron chi connectivity index (χ1n) is 13.7. The number of aromatic nitrogens is 3. The van der Waals surface area contributed by atoms with Gasteiger partial charge in [0.1, 0.15) is 17.4 Å². The van der Waals surface area contributed by atoms with Gasteiger partial charge in [-0.25, -0.2) is 4.98 Å². The molecule has 5 aromatic rings. The van der Waals surface area contributed by atoms with Gasteiger partial charge in [0.05, 0.1) is 23.4 Å². The third-order valence-corrected chi connectivity index (χ3v) is 7.17. The van der Waals surface area contributed by atoms with Gasteiger partial charge in [0.2, 0.25) is 0 Å². The van der Waals surface area contributed by atoms with E-state index in [0.717, 1.165) is 40.0 Å². The Balaban J connectivity index is 1.29. The van der Waals surface area contributed by atoms with Crippen LogP contribution >= 0.6 is 0 Å². The maximum Gasteiger partial charge on any atom is 0.134 e. The van der Waals surface area contributed by atoms with E-state index in [1.807, 2.05) is 49.6 Å². The number of nitrogens with one attached hydrogen (secondary N) is 2. The van der Waals surface area contributed by atoms with E-state index in [9.17, 15) is 9.59 Å². The molecule has 6 heteroatoms. The third-order valence-electron chi connectivity index (χ3n) is 7.17. The first-order chi connectivity index (χ1) is 19.1. The Hall–Kier alpha value is -4.16. The second-order valence-corrected chi connectivity index (χ2v) is 10.0. The van der Waals surface area contributed by atoms with Crippen molar-refractivity contribution in [3.63, 3.8) is 0 Å². The van der Waals surface area contributed by atoms with Gasteiger partial charge in [0.25, 0.3) is 0 Å². The molecule has 0 aliphatic heterocycles. The minimum Gasteiger partial charge on any atom is -0.341 e. The van der Waals surface area contributed by atoms with E-state index in [2.05, 4.69) is 62.7 Å². The molecule has 2 aromatic heterocycles. The first kappa shape index (κ1) is 26.4. The zero-order valence-corrected chi connectivity index (χ0v) is 22.3. The number of benzene rings is 3. The molecule has 0 saturated heterocycles. The maximum atomic E-state index is 12.9. The number of ketones is 2. The number of nitrogens with zero attached hydrogens (tertiary/aromatic N) is 2. The van der Waals surface area contributed by atoms with Crippen LogP contribution in [0.4, 0.5) is 0 Å². The van der Waals surface area contributed by atoms with Crippen LogP contribution in [-0.2, 0) is 16.0 Å². The average molecular weight is 519 g/mol. The van der Waals surface area contributed by atoms with Crippen LogP contribution in [0, 0.1) is 0 Å². The Kier molecular flexibility index (Phi) is 8.54. The standard InChI is InChI=1S/C33H34N4O2/c1-2-28(38)11-7-12-29(39)20-31(34-17-16-23-18-26-10-5-6-13-30(26)35-21-23)33-36-22-32(37-33)27-15-14-24-8-3-4-9-25(24)19-27/h3-6,8-10,13-15,18-19,21-22,31,34H,2,7,11-12,16-17,20H2,1H3,(H,36,37)/t31-/m0/s1. The van der Waals surface area contributed by atoms with Crippen molar-refractivity contribution in [2.45, 2.75) is 51.5 Å². The molecular weight excluding hydrogens is 484 g/mol. The highest BCUT2D eigenvalue weighted by Crippen LogP contribution is 2.25. The Morgan fingerprint density at radius 2 is 1.62 bits per heavy atom. The van der Waals surface area contributed by atoms with Crippen LogP contribution in [0.25, 0.3) is 32.9 Å². The largest absolute Gasteiger partial charge is 0.341 e. The lowest BCUT2D eigenvalue weighted by atomic mass is 10.0. The molecule has 0 aliphatic carbocycles. The highest BCUT2D eigenvalue weighted by atomic mass is 16.1. The summed E-state index contributed by atoms with van der Waals surface area (Å²) in [5.41, 5.74) is 4.09. The predicted molar refractivity (Wildman–Crippen MR) is 156 cm³/mol. The molecule has 0 unspecified atom stereocenters. The number of fused-ring (bicyclic) bond motifs is 2. The number of hydrogen-bond donors (Lipinski definition) is 2. The van der Waals surface area contributed by atoms with Gasteiger partial charge in [-0.05, 0) is 53.9 Å². The van der Waals surface area contributed by atoms with Crippen molar-refractivity contribution in [2.75, 3.05) is 6.54 Å². The number of imidazole rings is 1. The molecule has 6 nitrogen and oxygen atoms in total. The fourth-order valence-corrected chi connectivity index (χ4v) is 4.92. The molecule has 3 aromatic carbocycles. The molecule has 0 fully saturated rings. The Bertz CT molecular complexity index is 1590. The Labute approximate surface area is 228 Å². The molecule has 1 atom stereocenters. The van der Waals surface area contributed by atoms with Crippen LogP contribution in [-0.4, -0.2) is 33.1 Å². The fraction of sp³-hybridized carbons (Fsp3) is 0.273. The van der Waals surface area contributed by atoms with Crippen molar-refractivity contribution >= 4 is 33.2 Å². The highest BCUT2D eigenvalue weighted by Gasteiger charge is 2.19. The number of para-hydroxylation sites is 1. The monoisotopic (exact) mass is 518 g/mol. The summed E-state index contributed by atoms with van der Waals surface area (Å²) < 4.78 is 0. The van der Waals surface area contributed by atoms with Gasteiger partial charge in [-0.15, -0.1) is 0 Å². The van der Waals surface area contributed by atoms with Crippen LogP contribution in [0.1, 0.15) is 56.5 Å². The lowest BCUT2D eigenvalue weighted by molar-refractivity contribution is -0.120.